The molecule has 126 valence electrons. The van der Waals surface area contributed by atoms with Gasteiger partial charge in [-0.3, -0.25) is 0 Å². The highest BCUT2D eigenvalue weighted by molar-refractivity contribution is 6.02. The molecule has 25 heavy (non-hydrogen) atoms. The SMILES string of the molecule is COc1ccc(C2=NNC(c3ccc(OC)c4ccccc34)C2)cc1. The van der Waals surface area contributed by atoms with Crippen LogP contribution in [0.3, 0.4) is 0 Å². The number of hydrazone groups is 1. The summed E-state index contributed by atoms with van der Waals surface area (Å²) < 4.78 is 10.7. The molecule has 0 radical (unpaired) electrons. The Bertz CT molecular complexity index is 932. The molecule has 0 saturated carbocycles. The van der Waals surface area contributed by atoms with E-state index in [1.165, 1.54) is 10.9 Å². The van der Waals surface area contributed by atoms with E-state index in [1.54, 1.807) is 14.2 Å². The smallest absolute Gasteiger partial charge is 0.126 e. The van der Waals surface area contributed by atoms with Crippen molar-refractivity contribution < 1.29 is 9.47 Å². The number of fused-ring (bicyclic) bond motifs is 1. The molecule has 0 aromatic heterocycles. The van der Waals surface area contributed by atoms with Crippen LogP contribution in [0.1, 0.15) is 23.6 Å². The maximum absolute atomic E-state index is 5.50. The van der Waals surface area contributed by atoms with Crippen LogP contribution in [0.5, 0.6) is 11.5 Å². The second kappa shape index (κ2) is 6.48. The largest absolute Gasteiger partial charge is 0.497 e. The molecular formula is C21H20N2O2. The molecule has 1 aliphatic heterocycles. The van der Waals surface area contributed by atoms with Crippen LogP contribution < -0.4 is 14.9 Å². The van der Waals surface area contributed by atoms with E-state index in [-0.39, 0.29) is 6.04 Å². The van der Waals surface area contributed by atoms with Crippen LogP contribution in [-0.4, -0.2) is 19.9 Å². The molecule has 3 aromatic carbocycles. The first kappa shape index (κ1) is 15.5. The van der Waals surface area contributed by atoms with Crippen molar-refractivity contribution in [2.75, 3.05) is 14.2 Å². The van der Waals surface area contributed by atoms with Crippen LogP contribution in [0.25, 0.3) is 10.8 Å². The van der Waals surface area contributed by atoms with E-state index < -0.39 is 0 Å². The number of ether oxygens (including phenoxy) is 2. The van der Waals surface area contributed by atoms with Crippen LogP contribution >= 0.6 is 0 Å². The minimum atomic E-state index is 0.160. The van der Waals surface area contributed by atoms with Gasteiger partial charge in [0.05, 0.1) is 26.0 Å². The summed E-state index contributed by atoms with van der Waals surface area (Å²) in [5.74, 6) is 1.75. The van der Waals surface area contributed by atoms with Gasteiger partial charge in [0.2, 0.25) is 0 Å². The average Bonchev–Trinajstić information content (AvgIpc) is 3.17. The molecule has 0 spiro atoms. The number of hydrogen-bond donors (Lipinski definition) is 1. The maximum Gasteiger partial charge on any atom is 0.126 e. The van der Waals surface area contributed by atoms with E-state index in [9.17, 15) is 0 Å². The van der Waals surface area contributed by atoms with Gasteiger partial charge in [-0.2, -0.15) is 5.10 Å². The van der Waals surface area contributed by atoms with Crippen molar-refractivity contribution >= 4 is 16.5 Å². The van der Waals surface area contributed by atoms with E-state index in [0.29, 0.717) is 0 Å². The van der Waals surface area contributed by atoms with Gasteiger partial charge in [-0.05, 0) is 46.8 Å². The molecule has 1 N–H and O–H groups in total. The zero-order valence-electron chi connectivity index (χ0n) is 14.3. The van der Waals surface area contributed by atoms with Gasteiger partial charge in [-0.25, -0.2) is 0 Å². The topological polar surface area (TPSA) is 42.8 Å². The Kier molecular flexibility index (Phi) is 4.02. The summed E-state index contributed by atoms with van der Waals surface area (Å²) in [5, 5.41) is 6.89. The van der Waals surface area contributed by atoms with Gasteiger partial charge in [0.25, 0.3) is 0 Å². The molecule has 0 bridgehead atoms. The number of methoxy groups -OCH3 is 2. The van der Waals surface area contributed by atoms with Crippen LogP contribution in [-0.2, 0) is 0 Å². The first-order valence-corrected chi connectivity index (χ1v) is 8.32. The number of nitrogens with zero attached hydrogens (tertiary/aromatic N) is 1. The van der Waals surface area contributed by atoms with Gasteiger partial charge in [0.15, 0.2) is 0 Å². The van der Waals surface area contributed by atoms with Crippen molar-refractivity contribution in [3.63, 3.8) is 0 Å². The van der Waals surface area contributed by atoms with Crippen LogP contribution in [0, 0.1) is 0 Å². The summed E-state index contributed by atoms with van der Waals surface area (Å²) in [4.78, 5) is 0. The highest BCUT2D eigenvalue weighted by atomic mass is 16.5. The third-order valence-electron chi connectivity index (χ3n) is 4.69. The molecule has 1 unspecified atom stereocenters. The van der Waals surface area contributed by atoms with Gasteiger partial charge in [-0.15, -0.1) is 0 Å². The lowest BCUT2D eigenvalue weighted by atomic mass is 9.94. The van der Waals surface area contributed by atoms with Crippen LogP contribution in [0.2, 0.25) is 0 Å². The van der Waals surface area contributed by atoms with E-state index in [2.05, 4.69) is 34.8 Å². The lowest BCUT2D eigenvalue weighted by Gasteiger charge is -2.15. The number of hydrogen-bond acceptors (Lipinski definition) is 4. The summed E-state index contributed by atoms with van der Waals surface area (Å²) in [6.07, 6.45) is 0.850. The summed E-state index contributed by atoms with van der Waals surface area (Å²) in [7, 11) is 3.38. The van der Waals surface area contributed by atoms with E-state index in [1.807, 2.05) is 36.4 Å². The Morgan fingerprint density at radius 2 is 1.64 bits per heavy atom. The molecule has 4 rings (SSSR count). The Balaban J connectivity index is 1.63. The second-order valence-corrected chi connectivity index (χ2v) is 6.08. The Hall–Kier alpha value is -3.01. The van der Waals surface area contributed by atoms with Gasteiger partial charge < -0.3 is 14.9 Å². The van der Waals surface area contributed by atoms with Gasteiger partial charge in [0.1, 0.15) is 11.5 Å². The van der Waals surface area contributed by atoms with Gasteiger partial charge in [0, 0.05) is 11.8 Å². The van der Waals surface area contributed by atoms with Crippen molar-refractivity contribution in [1.82, 2.24) is 5.43 Å². The molecule has 1 heterocycles. The molecule has 0 aliphatic carbocycles. The first-order valence-electron chi connectivity index (χ1n) is 8.32. The molecule has 4 nitrogen and oxygen atoms in total. The Morgan fingerprint density at radius 3 is 2.36 bits per heavy atom. The summed E-state index contributed by atoms with van der Waals surface area (Å²) in [5.41, 5.74) is 6.72. The summed E-state index contributed by atoms with van der Waals surface area (Å²) in [6, 6.07) is 20.7. The van der Waals surface area contributed by atoms with Crippen LogP contribution in [0.15, 0.2) is 65.8 Å². The van der Waals surface area contributed by atoms with E-state index in [4.69, 9.17) is 9.47 Å². The van der Waals surface area contributed by atoms with Crippen molar-refractivity contribution in [2.45, 2.75) is 12.5 Å². The molecule has 4 heteroatoms. The highest BCUT2D eigenvalue weighted by Crippen LogP contribution is 2.34. The minimum absolute atomic E-state index is 0.160. The first-order chi connectivity index (χ1) is 12.3. The summed E-state index contributed by atoms with van der Waals surface area (Å²) in [6.45, 7) is 0. The fraction of sp³-hybridized carbons (Fsp3) is 0.190. The predicted octanol–water partition coefficient (Wildman–Crippen LogP) is 4.30. The third-order valence-corrected chi connectivity index (χ3v) is 4.69. The molecular weight excluding hydrogens is 312 g/mol. The Morgan fingerprint density at radius 1 is 0.880 bits per heavy atom. The quantitative estimate of drug-likeness (QED) is 0.775. The molecule has 1 atom stereocenters. The zero-order valence-corrected chi connectivity index (χ0v) is 14.3. The van der Waals surface area contributed by atoms with Gasteiger partial charge in [-0.1, -0.05) is 30.3 Å². The lowest BCUT2D eigenvalue weighted by molar-refractivity contribution is 0.415. The monoisotopic (exact) mass is 332 g/mol. The lowest BCUT2D eigenvalue weighted by Crippen LogP contribution is -2.10. The molecule has 3 aromatic rings. The van der Waals surface area contributed by atoms with Crippen molar-refractivity contribution in [2.24, 2.45) is 5.10 Å². The number of rotatable bonds is 4. The molecule has 0 amide bonds. The third kappa shape index (κ3) is 2.80. The van der Waals surface area contributed by atoms with Crippen molar-refractivity contribution in [3.8, 4) is 11.5 Å². The Labute approximate surface area is 147 Å². The fourth-order valence-electron chi connectivity index (χ4n) is 3.36. The minimum Gasteiger partial charge on any atom is -0.497 e. The molecule has 0 fully saturated rings. The van der Waals surface area contributed by atoms with Crippen molar-refractivity contribution in [3.05, 3.63) is 71.8 Å². The molecule has 1 aliphatic rings. The summed E-state index contributed by atoms with van der Waals surface area (Å²) >= 11 is 0. The normalized spacial score (nSPS) is 16.4. The van der Waals surface area contributed by atoms with E-state index in [0.717, 1.165) is 34.6 Å². The van der Waals surface area contributed by atoms with Gasteiger partial charge >= 0.3 is 0 Å². The van der Waals surface area contributed by atoms with Crippen molar-refractivity contribution in [1.29, 1.82) is 0 Å². The van der Waals surface area contributed by atoms with E-state index >= 15 is 0 Å². The number of benzene rings is 3. The maximum atomic E-state index is 5.50. The zero-order chi connectivity index (χ0) is 17.2. The average molecular weight is 332 g/mol. The standard InChI is InChI=1S/C21H20N2O2/c1-24-15-9-7-14(8-10-15)19-13-20(23-22-19)17-11-12-21(25-2)18-6-4-3-5-16(17)18/h3-12,20,23H,13H2,1-2H3. The molecule has 0 saturated heterocycles. The van der Waals surface area contributed by atoms with Crippen LogP contribution in [0.4, 0.5) is 0 Å². The highest BCUT2D eigenvalue weighted by Gasteiger charge is 2.23. The fourth-order valence-corrected chi connectivity index (χ4v) is 3.36. The number of nitrogens with one attached hydrogen (secondary N) is 1. The predicted molar refractivity (Wildman–Crippen MR) is 101 cm³/mol. The second-order valence-electron chi connectivity index (χ2n) is 6.08.